The van der Waals surface area contributed by atoms with Crippen LogP contribution in [-0.2, 0) is 4.74 Å². The number of ether oxygens (including phenoxy) is 2. The molecule has 0 aromatic heterocycles. The maximum absolute atomic E-state index is 5.57. The molecule has 0 amide bonds. The Morgan fingerprint density at radius 2 is 2.00 bits per heavy atom. The van der Waals surface area contributed by atoms with E-state index in [1.807, 2.05) is 18.2 Å². The number of para-hydroxylation sites is 1. The highest BCUT2D eigenvalue weighted by Gasteiger charge is 2.23. The molecule has 0 N–H and O–H groups in total. The lowest BCUT2D eigenvalue weighted by Crippen LogP contribution is -2.04. The first-order chi connectivity index (χ1) is 6.27. The minimum absolute atomic E-state index is 0.291. The van der Waals surface area contributed by atoms with E-state index in [-0.39, 0.29) is 0 Å². The van der Waals surface area contributed by atoms with Crippen molar-refractivity contribution in [2.24, 2.45) is 0 Å². The van der Waals surface area contributed by atoms with Gasteiger partial charge in [-0.1, -0.05) is 6.07 Å². The molecule has 0 aliphatic carbocycles. The maximum atomic E-state index is 5.57. The molecule has 1 aromatic rings. The minimum Gasteiger partial charge on any atom is -0.488 e. The molecule has 1 fully saturated rings. The molecule has 2 nitrogen and oxygen atoms in total. The van der Waals surface area contributed by atoms with Crippen LogP contribution in [0.5, 0.6) is 5.75 Å². The van der Waals surface area contributed by atoms with Gasteiger partial charge in [-0.15, -0.1) is 0 Å². The van der Waals surface area contributed by atoms with E-state index in [0.29, 0.717) is 12.7 Å². The van der Waals surface area contributed by atoms with E-state index in [1.165, 1.54) is 0 Å². The van der Waals surface area contributed by atoms with Gasteiger partial charge in [-0.05, 0) is 44.0 Å². The molecule has 1 aromatic carbocycles. The van der Waals surface area contributed by atoms with Gasteiger partial charge in [0.25, 0.3) is 0 Å². The van der Waals surface area contributed by atoms with Gasteiger partial charge in [-0.2, -0.15) is 0 Å². The summed E-state index contributed by atoms with van der Waals surface area (Å²) in [6.07, 6.45) is 0.291. The van der Waals surface area contributed by atoms with Crippen molar-refractivity contribution < 1.29 is 9.47 Å². The zero-order valence-corrected chi connectivity index (χ0v) is 9.97. The molecule has 0 saturated carbocycles. The molecule has 0 unspecified atom stereocenters. The summed E-state index contributed by atoms with van der Waals surface area (Å²) in [6, 6.07) is 5.86. The minimum atomic E-state index is 0.291. The third kappa shape index (κ3) is 2.45. The lowest BCUT2D eigenvalue weighted by Gasteiger charge is -2.08. The Morgan fingerprint density at radius 3 is 2.54 bits per heavy atom. The Hall–Kier alpha value is -0.0600. The van der Waals surface area contributed by atoms with E-state index in [2.05, 4.69) is 31.9 Å². The average molecular weight is 308 g/mol. The SMILES string of the molecule is Brc1cccc(Br)c1OC[C@H]1CO1. The predicted molar refractivity (Wildman–Crippen MR) is 57.1 cm³/mol. The second-order valence-electron chi connectivity index (χ2n) is 2.82. The summed E-state index contributed by atoms with van der Waals surface area (Å²) >= 11 is 6.84. The topological polar surface area (TPSA) is 21.8 Å². The number of epoxide rings is 1. The van der Waals surface area contributed by atoms with Crippen molar-refractivity contribution in [1.82, 2.24) is 0 Å². The number of hydrogen-bond acceptors (Lipinski definition) is 2. The van der Waals surface area contributed by atoms with Gasteiger partial charge in [0.15, 0.2) is 0 Å². The maximum Gasteiger partial charge on any atom is 0.147 e. The van der Waals surface area contributed by atoms with E-state index in [9.17, 15) is 0 Å². The van der Waals surface area contributed by atoms with Crippen LogP contribution in [0.25, 0.3) is 0 Å². The molecular formula is C9H8Br2O2. The van der Waals surface area contributed by atoms with Crippen LogP contribution in [0, 0.1) is 0 Å². The Bertz CT molecular complexity index is 290. The van der Waals surface area contributed by atoms with Crippen LogP contribution in [-0.4, -0.2) is 19.3 Å². The van der Waals surface area contributed by atoms with E-state index in [4.69, 9.17) is 9.47 Å². The lowest BCUT2D eigenvalue weighted by molar-refractivity contribution is 0.260. The summed E-state index contributed by atoms with van der Waals surface area (Å²) in [4.78, 5) is 0. The van der Waals surface area contributed by atoms with Crippen molar-refractivity contribution in [3.8, 4) is 5.75 Å². The molecule has 1 saturated heterocycles. The van der Waals surface area contributed by atoms with Gasteiger partial charge in [-0.25, -0.2) is 0 Å². The summed E-state index contributed by atoms with van der Waals surface area (Å²) in [7, 11) is 0. The van der Waals surface area contributed by atoms with Gasteiger partial charge in [0.2, 0.25) is 0 Å². The highest BCUT2D eigenvalue weighted by molar-refractivity contribution is 9.11. The van der Waals surface area contributed by atoms with Crippen LogP contribution in [0.4, 0.5) is 0 Å². The first kappa shape index (κ1) is 9.49. The van der Waals surface area contributed by atoms with Gasteiger partial charge in [0.1, 0.15) is 18.5 Å². The number of benzene rings is 1. The Kier molecular flexibility index (Phi) is 2.91. The number of hydrogen-bond donors (Lipinski definition) is 0. The first-order valence-electron chi connectivity index (χ1n) is 3.96. The molecular weight excluding hydrogens is 300 g/mol. The highest BCUT2D eigenvalue weighted by Crippen LogP contribution is 2.33. The molecule has 0 radical (unpaired) electrons. The average Bonchev–Trinajstić information content (AvgIpc) is 2.87. The van der Waals surface area contributed by atoms with Crippen molar-refractivity contribution in [2.75, 3.05) is 13.2 Å². The van der Waals surface area contributed by atoms with Crippen molar-refractivity contribution in [3.63, 3.8) is 0 Å². The van der Waals surface area contributed by atoms with Gasteiger partial charge in [0, 0.05) is 0 Å². The molecule has 0 bridgehead atoms. The monoisotopic (exact) mass is 306 g/mol. The van der Waals surface area contributed by atoms with Gasteiger partial charge >= 0.3 is 0 Å². The Labute approximate surface area is 93.5 Å². The second-order valence-corrected chi connectivity index (χ2v) is 4.53. The van der Waals surface area contributed by atoms with Crippen molar-refractivity contribution in [1.29, 1.82) is 0 Å². The fourth-order valence-electron chi connectivity index (χ4n) is 0.961. The third-order valence-electron chi connectivity index (χ3n) is 1.73. The molecule has 1 aliphatic heterocycles. The zero-order chi connectivity index (χ0) is 9.26. The van der Waals surface area contributed by atoms with Crippen molar-refractivity contribution in [3.05, 3.63) is 27.1 Å². The number of rotatable bonds is 3. The first-order valence-corrected chi connectivity index (χ1v) is 5.54. The Morgan fingerprint density at radius 1 is 1.38 bits per heavy atom. The van der Waals surface area contributed by atoms with Crippen LogP contribution in [0.3, 0.4) is 0 Å². The number of halogens is 2. The van der Waals surface area contributed by atoms with Gasteiger partial charge in [-0.3, -0.25) is 0 Å². The van der Waals surface area contributed by atoms with Crippen LogP contribution in [0.1, 0.15) is 0 Å². The molecule has 70 valence electrons. The van der Waals surface area contributed by atoms with E-state index in [1.54, 1.807) is 0 Å². The van der Waals surface area contributed by atoms with Gasteiger partial charge < -0.3 is 9.47 Å². The molecule has 13 heavy (non-hydrogen) atoms. The quantitative estimate of drug-likeness (QED) is 0.801. The molecule has 1 atom stereocenters. The lowest BCUT2D eigenvalue weighted by atomic mass is 10.3. The molecule has 2 rings (SSSR count). The smallest absolute Gasteiger partial charge is 0.147 e. The van der Waals surface area contributed by atoms with Crippen molar-refractivity contribution >= 4 is 31.9 Å². The van der Waals surface area contributed by atoms with Crippen LogP contribution in [0.15, 0.2) is 27.1 Å². The summed E-state index contributed by atoms with van der Waals surface area (Å²) < 4.78 is 12.5. The van der Waals surface area contributed by atoms with Gasteiger partial charge in [0.05, 0.1) is 15.6 Å². The van der Waals surface area contributed by atoms with Crippen LogP contribution in [0.2, 0.25) is 0 Å². The molecule has 1 aliphatic rings. The Balaban J connectivity index is 2.07. The molecule has 1 heterocycles. The van der Waals surface area contributed by atoms with Crippen LogP contribution < -0.4 is 4.74 Å². The summed E-state index contributed by atoms with van der Waals surface area (Å²) in [5, 5.41) is 0. The fourth-order valence-corrected chi connectivity index (χ4v) is 2.19. The van der Waals surface area contributed by atoms with E-state index in [0.717, 1.165) is 21.3 Å². The van der Waals surface area contributed by atoms with Crippen LogP contribution >= 0.6 is 31.9 Å². The predicted octanol–water partition coefficient (Wildman–Crippen LogP) is 2.99. The van der Waals surface area contributed by atoms with Crippen molar-refractivity contribution in [2.45, 2.75) is 6.10 Å². The third-order valence-corrected chi connectivity index (χ3v) is 2.98. The normalized spacial score (nSPS) is 20.0. The second kappa shape index (κ2) is 3.98. The molecule has 4 heteroatoms. The molecule has 0 spiro atoms. The van der Waals surface area contributed by atoms with E-state index < -0.39 is 0 Å². The summed E-state index contributed by atoms with van der Waals surface area (Å²) in [5.74, 6) is 0.845. The highest BCUT2D eigenvalue weighted by atomic mass is 79.9. The zero-order valence-electron chi connectivity index (χ0n) is 6.80. The fraction of sp³-hybridized carbons (Fsp3) is 0.333. The summed E-state index contributed by atoms with van der Waals surface area (Å²) in [6.45, 7) is 1.45. The standard InChI is InChI=1S/C9H8Br2O2/c10-7-2-1-3-8(11)9(7)13-5-6-4-12-6/h1-3,6H,4-5H2/t6-/m1/s1. The summed E-state index contributed by atoms with van der Waals surface area (Å²) in [5.41, 5.74) is 0. The van der Waals surface area contributed by atoms with E-state index >= 15 is 0 Å². The largest absolute Gasteiger partial charge is 0.488 e.